The van der Waals surface area contributed by atoms with Gasteiger partial charge in [-0.05, 0) is 30.2 Å². The smallest absolute Gasteiger partial charge is 0.0613 e. The summed E-state index contributed by atoms with van der Waals surface area (Å²) in [6, 6.07) is 4.23. The van der Waals surface area contributed by atoms with E-state index in [-0.39, 0.29) is 12.1 Å². The normalized spacial score (nSPS) is 30.5. The number of rotatable bonds is 4. The van der Waals surface area contributed by atoms with E-state index in [1.54, 1.807) is 11.3 Å². The van der Waals surface area contributed by atoms with Gasteiger partial charge in [0.2, 0.25) is 0 Å². The third-order valence-corrected chi connectivity index (χ3v) is 4.49. The molecule has 1 aromatic heterocycles. The van der Waals surface area contributed by atoms with Gasteiger partial charge in [0.05, 0.1) is 6.61 Å². The number of nitrogens with one attached hydrogen (secondary N) is 1. The van der Waals surface area contributed by atoms with E-state index in [1.807, 2.05) is 0 Å². The number of thiophene rings is 1. The number of aliphatic hydroxyl groups is 1. The molecule has 16 heavy (non-hydrogen) atoms. The largest absolute Gasteiger partial charge is 0.394 e. The van der Waals surface area contributed by atoms with Gasteiger partial charge in [-0.1, -0.05) is 25.8 Å². The van der Waals surface area contributed by atoms with E-state index in [9.17, 15) is 5.11 Å². The second kappa shape index (κ2) is 5.30. The molecule has 0 spiro atoms. The van der Waals surface area contributed by atoms with Gasteiger partial charge in [0.1, 0.15) is 0 Å². The van der Waals surface area contributed by atoms with Crippen molar-refractivity contribution in [1.82, 2.24) is 5.32 Å². The van der Waals surface area contributed by atoms with E-state index in [0.29, 0.717) is 0 Å². The predicted molar refractivity (Wildman–Crippen MR) is 68.6 cm³/mol. The third-order valence-electron chi connectivity index (χ3n) is 3.61. The molecule has 2 rings (SSSR count). The van der Waals surface area contributed by atoms with Crippen molar-refractivity contribution in [2.24, 2.45) is 5.92 Å². The summed E-state index contributed by atoms with van der Waals surface area (Å²) in [4.78, 5) is 1.35. The maximum Gasteiger partial charge on any atom is 0.0613 e. The van der Waals surface area contributed by atoms with Crippen molar-refractivity contribution in [3.05, 3.63) is 22.4 Å². The maximum atomic E-state index is 9.63. The van der Waals surface area contributed by atoms with Crippen LogP contribution in [-0.2, 0) is 6.54 Å². The number of aliphatic hydroxyl groups excluding tert-OH is 1. The second-order valence-corrected chi connectivity index (χ2v) is 6.11. The molecular formula is C13H21NOS. The lowest BCUT2D eigenvalue weighted by Crippen LogP contribution is -2.50. The molecule has 0 saturated heterocycles. The minimum atomic E-state index is -0.0261. The van der Waals surface area contributed by atoms with E-state index in [1.165, 1.54) is 17.7 Å². The van der Waals surface area contributed by atoms with Crippen molar-refractivity contribution in [3.63, 3.8) is 0 Å². The quantitative estimate of drug-likeness (QED) is 0.847. The van der Waals surface area contributed by atoms with Crippen LogP contribution in [0.2, 0.25) is 0 Å². The van der Waals surface area contributed by atoms with Gasteiger partial charge < -0.3 is 10.4 Å². The summed E-state index contributed by atoms with van der Waals surface area (Å²) in [5, 5.41) is 15.3. The van der Waals surface area contributed by atoms with Gasteiger partial charge in [-0.25, -0.2) is 0 Å². The molecular weight excluding hydrogens is 218 g/mol. The van der Waals surface area contributed by atoms with E-state index in [2.05, 4.69) is 29.8 Å². The molecule has 1 fully saturated rings. The van der Waals surface area contributed by atoms with Gasteiger partial charge in [-0.15, -0.1) is 11.3 Å². The van der Waals surface area contributed by atoms with Crippen LogP contribution >= 0.6 is 11.3 Å². The fourth-order valence-corrected chi connectivity index (χ4v) is 3.35. The van der Waals surface area contributed by atoms with Crippen LogP contribution in [0.5, 0.6) is 0 Å². The molecule has 0 aromatic carbocycles. The van der Waals surface area contributed by atoms with Crippen molar-refractivity contribution in [1.29, 1.82) is 0 Å². The van der Waals surface area contributed by atoms with Gasteiger partial charge in [0.25, 0.3) is 0 Å². The Hall–Kier alpha value is -0.380. The van der Waals surface area contributed by atoms with Crippen LogP contribution in [0, 0.1) is 5.92 Å². The third kappa shape index (κ3) is 2.84. The van der Waals surface area contributed by atoms with Crippen LogP contribution in [0.1, 0.15) is 37.5 Å². The highest BCUT2D eigenvalue weighted by Gasteiger charge is 2.33. The van der Waals surface area contributed by atoms with Gasteiger partial charge in [0.15, 0.2) is 0 Å². The zero-order chi connectivity index (χ0) is 11.4. The summed E-state index contributed by atoms with van der Waals surface area (Å²) >= 11 is 1.78. The molecule has 0 bridgehead atoms. The average molecular weight is 239 g/mol. The highest BCUT2D eigenvalue weighted by Crippen LogP contribution is 2.32. The first-order valence-electron chi connectivity index (χ1n) is 6.12. The van der Waals surface area contributed by atoms with Crippen molar-refractivity contribution in [2.75, 3.05) is 6.61 Å². The Kier molecular flexibility index (Phi) is 4.00. The summed E-state index contributed by atoms with van der Waals surface area (Å²) in [5.74, 6) is 0.733. The zero-order valence-electron chi connectivity index (χ0n) is 9.91. The molecule has 2 nitrogen and oxygen atoms in total. The molecule has 90 valence electrons. The van der Waals surface area contributed by atoms with Crippen molar-refractivity contribution >= 4 is 11.3 Å². The monoisotopic (exact) mass is 239 g/mol. The molecule has 1 heterocycles. The van der Waals surface area contributed by atoms with Gasteiger partial charge in [-0.3, -0.25) is 0 Å². The van der Waals surface area contributed by atoms with Crippen molar-refractivity contribution in [2.45, 2.75) is 44.7 Å². The van der Waals surface area contributed by atoms with Crippen LogP contribution < -0.4 is 5.32 Å². The fraction of sp³-hybridized carbons (Fsp3) is 0.692. The summed E-state index contributed by atoms with van der Waals surface area (Å²) in [6.45, 7) is 3.45. The zero-order valence-corrected chi connectivity index (χ0v) is 10.7. The minimum Gasteiger partial charge on any atom is -0.394 e. The average Bonchev–Trinajstić information content (AvgIpc) is 2.79. The first-order valence-corrected chi connectivity index (χ1v) is 7.00. The molecule has 1 aromatic rings. The van der Waals surface area contributed by atoms with Crippen LogP contribution in [-0.4, -0.2) is 17.3 Å². The lowest BCUT2D eigenvalue weighted by molar-refractivity contribution is 0.0985. The van der Waals surface area contributed by atoms with Crippen LogP contribution in [0.3, 0.4) is 0 Å². The molecule has 1 saturated carbocycles. The Morgan fingerprint density at radius 2 is 2.50 bits per heavy atom. The van der Waals surface area contributed by atoms with Gasteiger partial charge in [0, 0.05) is 17.0 Å². The number of hydrogen-bond donors (Lipinski definition) is 2. The topological polar surface area (TPSA) is 32.3 Å². The Bertz CT molecular complexity index is 312. The summed E-state index contributed by atoms with van der Waals surface area (Å²) in [7, 11) is 0. The van der Waals surface area contributed by atoms with E-state index < -0.39 is 0 Å². The predicted octanol–water partition coefficient (Wildman–Crippen LogP) is 2.78. The van der Waals surface area contributed by atoms with E-state index >= 15 is 0 Å². The van der Waals surface area contributed by atoms with Crippen molar-refractivity contribution in [3.8, 4) is 0 Å². The standard InChI is InChI=1S/C13H21NOS/c1-11-4-2-6-13(8-11,10-15)14-9-12-5-3-7-16-12/h3,5,7,11,14-15H,2,4,6,8-10H2,1H3. The maximum absolute atomic E-state index is 9.63. The molecule has 0 amide bonds. The SMILES string of the molecule is CC1CCCC(CO)(NCc2cccs2)C1. The Labute approximate surface area is 102 Å². The summed E-state index contributed by atoms with van der Waals surface area (Å²) in [6.07, 6.45) is 4.76. The molecule has 1 aliphatic rings. The van der Waals surface area contributed by atoms with Gasteiger partial charge in [-0.2, -0.15) is 0 Å². The molecule has 2 N–H and O–H groups in total. The Balaban J connectivity index is 1.93. The number of hydrogen-bond acceptors (Lipinski definition) is 3. The minimum absolute atomic E-state index is 0.0261. The van der Waals surface area contributed by atoms with E-state index in [4.69, 9.17) is 0 Å². The highest BCUT2D eigenvalue weighted by atomic mass is 32.1. The molecule has 0 radical (unpaired) electrons. The lowest BCUT2D eigenvalue weighted by atomic mass is 9.77. The summed E-state index contributed by atoms with van der Waals surface area (Å²) < 4.78 is 0. The molecule has 2 atom stereocenters. The van der Waals surface area contributed by atoms with Gasteiger partial charge >= 0.3 is 0 Å². The van der Waals surface area contributed by atoms with Crippen LogP contribution in [0.25, 0.3) is 0 Å². The lowest BCUT2D eigenvalue weighted by Gasteiger charge is -2.39. The second-order valence-electron chi connectivity index (χ2n) is 5.07. The molecule has 2 unspecified atom stereocenters. The summed E-state index contributed by atoms with van der Waals surface area (Å²) in [5.41, 5.74) is -0.0261. The Morgan fingerprint density at radius 1 is 1.62 bits per heavy atom. The highest BCUT2D eigenvalue weighted by molar-refractivity contribution is 7.09. The van der Waals surface area contributed by atoms with Crippen molar-refractivity contribution < 1.29 is 5.11 Å². The molecule has 3 heteroatoms. The van der Waals surface area contributed by atoms with Crippen LogP contribution in [0.4, 0.5) is 0 Å². The van der Waals surface area contributed by atoms with E-state index in [0.717, 1.165) is 25.3 Å². The Morgan fingerprint density at radius 3 is 3.12 bits per heavy atom. The first-order chi connectivity index (χ1) is 7.74. The molecule has 0 aliphatic heterocycles. The van der Waals surface area contributed by atoms with Crippen LogP contribution in [0.15, 0.2) is 17.5 Å². The molecule has 1 aliphatic carbocycles. The fourth-order valence-electron chi connectivity index (χ4n) is 2.71. The first kappa shape index (κ1) is 12.1.